The summed E-state index contributed by atoms with van der Waals surface area (Å²) in [5.74, 6) is -5.12. The third-order valence-corrected chi connectivity index (χ3v) is 8.65. The summed E-state index contributed by atoms with van der Waals surface area (Å²) in [6.07, 6.45) is -4.51. The van der Waals surface area contributed by atoms with Gasteiger partial charge < -0.3 is 19.7 Å². The van der Waals surface area contributed by atoms with Crippen molar-refractivity contribution in [1.82, 2.24) is 14.9 Å². The van der Waals surface area contributed by atoms with Crippen molar-refractivity contribution in [3.8, 4) is 11.4 Å². The average molecular weight is 580 g/mol. The van der Waals surface area contributed by atoms with Gasteiger partial charge in [-0.05, 0) is 43.4 Å². The van der Waals surface area contributed by atoms with Crippen LogP contribution in [-0.4, -0.2) is 32.7 Å². The van der Waals surface area contributed by atoms with Crippen molar-refractivity contribution >= 4 is 34.4 Å². The molecule has 40 heavy (non-hydrogen) atoms. The molecule has 2 N–H and O–H groups in total. The number of cyclic esters (lactones) is 1. The fourth-order valence-corrected chi connectivity index (χ4v) is 6.19. The fraction of sp³-hybridized carbons (Fsp3) is 0.407. The number of nitrogens with one attached hydrogen (secondary N) is 1. The molecule has 0 unspecified atom stereocenters. The highest BCUT2D eigenvalue weighted by atomic mass is 35.5. The van der Waals surface area contributed by atoms with Crippen molar-refractivity contribution in [3.63, 3.8) is 0 Å². The molecule has 13 heteroatoms. The number of aliphatic hydroxyl groups is 1. The molecule has 0 saturated carbocycles. The minimum Gasteiger partial charge on any atom is -0.458 e. The van der Waals surface area contributed by atoms with Gasteiger partial charge in [0.15, 0.2) is 5.60 Å². The normalized spacial score (nSPS) is 21.9. The highest BCUT2D eigenvalue weighted by molar-refractivity contribution is 6.32. The number of aromatic nitrogens is 2. The molecule has 4 heterocycles. The van der Waals surface area contributed by atoms with Gasteiger partial charge in [-0.3, -0.25) is 9.59 Å². The lowest BCUT2D eigenvalue weighted by Gasteiger charge is -2.31. The maximum absolute atomic E-state index is 14.8. The van der Waals surface area contributed by atoms with E-state index in [9.17, 15) is 37.1 Å². The maximum atomic E-state index is 14.8. The number of amides is 1. The van der Waals surface area contributed by atoms with Gasteiger partial charge in [-0.1, -0.05) is 18.5 Å². The lowest BCUT2D eigenvalue weighted by Crippen LogP contribution is -2.44. The van der Waals surface area contributed by atoms with Crippen LogP contribution in [0.5, 0.6) is 0 Å². The molecular weight excluding hydrogens is 558 g/mol. The van der Waals surface area contributed by atoms with Crippen LogP contribution >= 0.6 is 11.6 Å². The third-order valence-electron chi connectivity index (χ3n) is 8.24. The van der Waals surface area contributed by atoms with Crippen molar-refractivity contribution < 1.29 is 37.0 Å². The van der Waals surface area contributed by atoms with E-state index >= 15 is 0 Å². The molecular formula is C27H22ClF4N3O5. The summed E-state index contributed by atoms with van der Waals surface area (Å²) < 4.78 is 61.2. The van der Waals surface area contributed by atoms with E-state index in [1.54, 1.807) is 6.92 Å². The Labute approximate surface area is 228 Å². The van der Waals surface area contributed by atoms with E-state index in [2.05, 4.69) is 10.3 Å². The van der Waals surface area contributed by atoms with Crippen molar-refractivity contribution in [2.45, 2.75) is 64.1 Å². The van der Waals surface area contributed by atoms with Crippen LogP contribution in [0.2, 0.25) is 5.02 Å². The van der Waals surface area contributed by atoms with Gasteiger partial charge in [-0.15, -0.1) is 0 Å². The topological polar surface area (TPSA) is 111 Å². The molecule has 0 saturated heterocycles. The molecule has 0 radical (unpaired) electrons. The average Bonchev–Trinajstić information content (AvgIpc) is 3.27. The zero-order chi connectivity index (χ0) is 28.9. The second kappa shape index (κ2) is 8.74. The smallest absolute Gasteiger partial charge is 0.400 e. The second-order valence-electron chi connectivity index (χ2n) is 10.4. The van der Waals surface area contributed by atoms with Crippen LogP contribution in [0, 0.1) is 11.7 Å². The number of nitrogens with zero attached hydrogens (tertiary/aromatic N) is 2. The van der Waals surface area contributed by atoms with Gasteiger partial charge in [0.25, 0.3) is 5.56 Å². The fourth-order valence-electron chi connectivity index (χ4n) is 5.94. The van der Waals surface area contributed by atoms with Crippen LogP contribution in [0.4, 0.5) is 17.6 Å². The molecule has 0 fully saturated rings. The Hall–Kier alpha value is -3.51. The van der Waals surface area contributed by atoms with Gasteiger partial charge in [0.1, 0.15) is 18.3 Å². The maximum Gasteiger partial charge on any atom is 0.400 e. The summed E-state index contributed by atoms with van der Waals surface area (Å²) in [7, 11) is 0. The molecule has 8 nitrogen and oxygen atoms in total. The van der Waals surface area contributed by atoms with E-state index in [0.717, 1.165) is 13.0 Å². The first-order valence-corrected chi connectivity index (χ1v) is 13.0. The molecule has 210 valence electrons. The molecule has 1 aromatic carbocycles. The Kier molecular flexibility index (Phi) is 5.84. The summed E-state index contributed by atoms with van der Waals surface area (Å²) in [5.41, 5.74) is -0.518. The Morgan fingerprint density at radius 3 is 2.70 bits per heavy atom. The van der Waals surface area contributed by atoms with Crippen LogP contribution < -0.4 is 10.9 Å². The van der Waals surface area contributed by atoms with Crippen LogP contribution in [0.3, 0.4) is 0 Å². The number of carbonyl (C=O) groups is 2. The molecule has 6 rings (SSSR count). The predicted octanol–water partition coefficient (Wildman–Crippen LogP) is 4.17. The number of esters is 1. The molecule has 0 spiro atoms. The predicted molar refractivity (Wildman–Crippen MR) is 134 cm³/mol. The molecule has 3 aromatic rings. The third kappa shape index (κ3) is 3.61. The molecule has 0 bridgehead atoms. The van der Waals surface area contributed by atoms with Crippen molar-refractivity contribution in [2.24, 2.45) is 5.92 Å². The molecule has 2 aromatic heterocycles. The Morgan fingerprint density at radius 2 is 2.02 bits per heavy atom. The Morgan fingerprint density at radius 1 is 1.30 bits per heavy atom. The number of aryl methyl sites for hydroxylation is 1. The van der Waals surface area contributed by atoms with Gasteiger partial charge in [0, 0.05) is 22.6 Å². The van der Waals surface area contributed by atoms with Gasteiger partial charge in [0.2, 0.25) is 5.91 Å². The number of hydrogen-bond donors (Lipinski definition) is 2. The summed E-state index contributed by atoms with van der Waals surface area (Å²) in [4.78, 5) is 43.3. The zero-order valence-corrected chi connectivity index (χ0v) is 22.0. The molecule has 1 amide bonds. The first-order valence-electron chi connectivity index (χ1n) is 12.7. The van der Waals surface area contributed by atoms with Crippen molar-refractivity contribution in [3.05, 3.63) is 61.1 Å². The summed E-state index contributed by atoms with van der Waals surface area (Å²) in [6.45, 7) is 1.94. The van der Waals surface area contributed by atoms with Gasteiger partial charge in [0.05, 0.1) is 40.1 Å². The summed E-state index contributed by atoms with van der Waals surface area (Å²) in [5, 5.41) is 13.9. The van der Waals surface area contributed by atoms with E-state index < -0.39 is 47.0 Å². The largest absolute Gasteiger partial charge is 0.458 e. The first kappa shape index (κ1) is 26.7. The number of hydrogen-bond acceptors (Lipinski definition) is 6. The molecule has 2 aliphatic heterocycles. The first-order chi connectivity index (χ1) is 18.8. The minimum absolute atomic E-state index is 0.0524. The number of halogens is 5. The molecule has 3 aliphatic rings. The van der Waals surface area contributed by atoms with Gasteiger partial charge in [-0.25, -0.2) is 14.2 Å². The minimum atomic E-state index is -4.75. The highest BCUT2D eigenvalue weighted by Crippen LogP contribution is 2.47. The van der Waals surface area contributed by atoms with Crippen LogP contribution in [0.1, 0.15) is 60.5 Å². The summed E-state index contributed by atoms with van der Waals surface area (Å²) >= 11 is 6.29. The number of benzene rings is 1. The lowest BCUT2D eigenvalue weighted by molar-refractivity contribution is -0.179. The molecule has 1 aliphatic carbocycles. The highest BCUT2D eigenvalue weighted by Gasteiger charge is 2.46. The number of alkyl halides is 3. The van der Waals surface area contributed by atoms with Gasteiger partial charge in [-0.2, -0.15) is 13.2 Å². The van der Waals surface area contributed by atoms with Gasteiger partial charge >= 0.3 is 12.1 Å². The Bertz CT molecular complexity index is 1720. The number of fused-ring (bicyclic) bond motifs is 5. The Balaban J connectivity index is 1.60. The zero-order valence-electron chi connectivity index (χ0n) is 21.2. The number of carbonyl (C=O) groups excluding carboxylic acids is 2. The van der Waals surface area contributed by atoms with Crippen molar-refractivity contribution in [1.29, 1.82) is 0 Å². The van der Waals surface area contributed by atoms with Crippen molar-refractivity contribution in [2.75, 3.05) is 0 Å². The number of ether oxygens (including phenoxy) is 1. The monoisotopic (exact) mass is 579 g/mol. The summed E-state index contributed by atoms with van der Waals surface area (Å²) in [6, 6.07) is 1.68. The SMILES string of the molecule is CC[C@@]1(O)C(=O)OCc2c1cc1n(c2=O)Cc2c-1nc1cc(F)c(Cl)c3c1c2[C@@H](NC(=O)[C@@H](C)C(F)(F)F)CC3. The molecule has 3 atom stereocenters. The van der Waals surface area contributed by atoms with E-state index in [-0.39, 0.29) is 65.5 Å². The van der Waals surface area contributed by atoms with E-state index in [1.165, 1.54) is 10.6 Å². The van der Waals surface area contributed by atoms with Crippen LogP contribution in [0.15, 0.2) is 16.9 Å². The standard InChI is InChI=1S/C27H22ClF4N3O5/c1-3-26(39)14-6-18-22-12(8-35(18)24(37)13(14)9-40-25(26)38)20-16(34-23(36)10(2)27(30,31)32)5-4-11-19(20)17(33-22)7-15(29)21(11)28/h6-7,10,16,39H,3-5,8-9H2,1-2H3,(H,34,36)/t10-,16+,26+/m1/s1. The quantitative estimate of drug-likeness (QED) is 0.278. The van der Waals surface area contributed by atoms with Crippen LogP contribution in [0.25, 0.3) is 22.3 Å². The van der Waals surface area contributed by atoms with E-state index in [0.29, 0.717) is 22.1 Å². The second-order valence-corrected chi connectivity index (χ2v) is 10.7. The number of rotatable bonds is 3. The van der Waals surface area contributed by atoms with E-state index in [4.69, 9.17) is 16.3 Å². The van der Waals surface area contributed by atoms with E-state index in [1.807, 2.05) is 0 Å². The number of pyridine rings is 2. The lowest BCUT2D eigenvalue weighted by atomic mass is 9.83. The van der Waals surface area contributed by atoms with Crippen LogP contribution in [-0.2, 0) is 39.5 Å².